The van der Waals surface area contributed by atoms with Gasteiger partial charge in [0.2, 0.25) is 0 Å². The van der Waals surface area contributed by atoms with E-state index in [0.29, 0.717) is 5.41 Å². The lowest BCUT2D eigenvalue weighted by molar-refractivity contribution is 0.0569. The predicted molar refractivity (Wildman–Crippen MR) is 89.2 cm³/mol. The third kappa shape index (κ3) is 5.02. The minimum Gasteiger partial charge on any atom is -0.301 e. The van der Waals surface area contributed by atoms with Crippen LogP contribution in [0, 0.1) is 5.41 Å². The number of rotatable bonds is 8. The summed E-state index contributed by atoms with van der Waals surface area (Å²) in [5.41, 5.74) is 0.498. The van der Waals surface area contributed by atoms with E-state index in [9.17, 15) is 0 Å². The first kappa shape index (κ1) is 17.5. The number of likely N-dealkylation sites (N-methyl/N-ethyl adjacent to an activating group) is 1. The largest absolute Gasteiger partial charge is 0.301 e. The Kier molecular flexibility index (Phi) is 7.93. The first-order valence-electron chi connectivity index (χ1n) is 8.09. The van der Waals surface area contributed by atoms with Crippen LogP contribution in [0.25, 0.3) is 0 Å². The average molecular weight is 333 g/mol. The molecule has 0 aromatic rings. The quantitative estimate of drug-likeness (QED) is 0.620. The Hall–Kier alpha value is 0.400. The molecule has 114 valence electrons. The zero-order chi connectivity index (χ0) is 14.3. The van der Waals surface area contributed by atoms with Crippen molar-refractivity contribution in [1.82, 2.24) is 9.80 Å². The summed E-state index contributed by atoms with van der Waals surface area (Å²) >= 11 is 3.81. The summed E-state index contributed by atoms with van der Waals surface area (Å²) in [7, 11) is 2.28. The molecule has 19 heavy (non-hydrogen) atoms. The van der Waals surface area contributed by atoms with Gasteiger partial charge in [0.1, 0.15) is 0 Å². The van der Waals surface area contributed by atoms with Crippen LogP contribution in [0.2, 0.25) is 0 Å². The fourth-order valence-corrected chi connectivity index (χ4v) is 4.33. The maximum Gasteiger partial charge on any atom is 0.0218 e. The number of halogens is 1. The normalized spacial score (nSPS) is 22.9. The monoisotopic (exact) mass is 332 g/mol. The van der Waals surface area contributed by atoms with Crippen molar-refractivity contribution in [3.63, 3.8) is 0 Å². The molecule has 1 fully saturated rings. The third-order valence-corrected chi connectivity index (χ3v) is 5.93. The van der Waals surface area contributed by atoms with Gasteiger partial charge in [-0.25, -0.2) is 0 Å². The van der Waals surface area contributed by atoms with E-state index < -0.39 is 0 Å². The van der Waals surface area contributed by atoms with E-state index in [1.165, 1.54) is 58.3 Å². The molecule has 0 radical (unpaired) electrons. The second kappa shape index (κ2) is 8.63. The van der Waals surface area contributed by atoms with Crippen LogP contribution in [-0.4, -0.2) is 54.4 Å². The Morgan fingerprint density at radius 3 is 2.21 bits per heavy atom. The summed E-state index contributed by atoms with van der Waals surface area (Å²) in [5.74, 6) is 0. The van der Waals surface area contributed by atoms with Gasteiger partial charge in [-0.1, -0.05) is 49.5 Å². The molecule has 0 aliphatic carbocycles. The number of hydrogen-bond acceptors (Lipinski definition) is 2. The molecule has 1 aliphatic rings. The molecule has 0 N–H and O–H groups in total. The van der Waals surface area contributed by atoms with E-state index in [-0.39, 0.29) is 0 Å². The number of piperazine rings is 1. The highest BCUT2D eigenvalue weighted by Gasteiger charge is 2.32. The molecule has 0 amide bonds. The van der Waals surface area contributed by atoms with E-state index in [0.717, 1.165) is 11.4 Å². The van der Waals surface area contributed by atoms with Crippen LogP contribution in [0.15, 0.2) is 0 Å². The zero-order valence-electron chi connectivity index (χ0n) is 13.4. The maximum atomic E-state index is 3.81. The molecule has 0 aromatic heterocycles. The molecule has 1 heterocycles. The summed E-state index contributed by atoms with van der Waals surface area (Å²) in [6.07, 6.45) is 6.59. The van der Waals surface area contributed by atoms with Crippen molar-refractivity contribution >= 4 is 15.9 Å². The van der Waals surface area contributed by atoms with Crippen molar-refractivity contribution in [2.24, 2.45) is 5.41 Å². The Morgan fingerprint density at radius 1 is 1.11 bits per heavy atom. The van der Waals surface area contributed by atoms with Crippen LogP contribution in [0.1, 0.15) is 52.9 Å². The third-order valence-electron chi connectivity index (χ3n) is 4.74. The topological polar surface area (TPSA) is 6.48 Å². The smallest absolute Gasteiger partial charge is 0.0218 e. The highest BCUT2D eigenvalue weighted by Crippen LogP contribution is 2.33. The minimum absolute atomic E-state index is 0.498. The average Bonchev–Trinajstić information content (AvgIpc) is 2.41. The first-order valence-corrected chi connectivity index (χ1v) is 9.21. The van der Waals surface area contributed by atoms with Crippen molar-refractivity contribution in [2.75, 3.05) is 38.6 Å². The van der Waals surface area contributed by atoms with Gasteiger partial charge >= 0.3 is 0 Å². The van der Waals surface area contributed by atoms with Gasteiger partial charge in [0, 0.05) is 37.6 Å². The van der Waals surface area contributed by atoms with Gasteiger partial charge in [-0.15, -0.1) is 0 Å². The van der Waals surface area contributed by atoms with Crippen molar-refractivity contribution < 1.29 is 0 Å². The summed E-state index contributed by atoms with van der Waals surface area (Å²) in [4.78, 5) is 5.26. The maximum absolute atomic E-state index is 3.81. The SMILES string of the molecule is CCCC(CBr)(CCC)CN1CCN(C)C(CC)C1. The zero-order valence-corrected chi connectivity index (χ0v) is 15.0. The van der Waals surface area contributed by atoms with Crippen molar-refractivity contribution in [2.45, 2.75) is 58.9 Å². The van der Waals surface area contributed by atoms with Gasteiger partial charge in [-0.3, -0.25) is 4.90 Å². The van der Waals surface area contributed by atoms with Crippen molar-refractivity contribution in [3.05, 3.63) is 0 Å². The number of nitrogens with zero attached hydrogens (tertiary/aromatic N) is 2. The lowest BCUT2D eigenvalue weighted by atomic mass is 9.80. The fourth-order valence-electron chi connectivity index (χ4n) is 3.59. The summed E-state index contributed by atoms with van der Waals surface area (Å²) in [5, 5.41) is 1.16. The van der Waals surface area contributed by atoms with E-state index in [4.69, 9.17) is 0 Å². The predicted octanol–water partition coefficient (Wildman–Crippen LogP) is 3.99. The highest BCUT2D eigenvalue weighted by atomic mass is 79.9. The highest BCUT2D eigenvalue weighted by molar-refractivity contribution is 9.09. The molecule has 1 unspecified atom stereocenters. The standard InChI is InChI=1S/C16H33BrN2/c1-5-8-16(13-17,9-6-2)14-19-11-10-18(4)15(7-3)12-19/h15H,5-14H2,1-4H3. The van der Waals surface area contributed by atoms with Crippen LogP contribution in [0.4, 0.5) is 0 Å². The van der Waals surface area contributed by atoms with Crippen LogP contribution < -0.4 is 0 Å². The molecule has 0 spiro atoms. The Bertz CT molecular complexity index is 239. The minimum atomic E-state index is 0.498. The molecule has 2 nitrogen and oxygen atoms in total. The lowest BCUT2D eigenvalue weighted by Gasteiger charge is -2.44. The molecule has 0 bridgehead atoms. The molecule has 1 saturated heterocycles. The van der Waals surface area contributed by atoms with Crippen molar-refractivity contribution in [3.8, 4) is 0 Å². The van der Waals surface area contributed by atoms with E-state index >= 15 is 0 Å². The molecular formula is C16H33BrN2. The molecule has 1 aliphatic heterocycles. The van der Waals surface area contributed by atoms with E-state index in [2.05, 4.69) is 53.5 Å². The Labute approximate surface area is 129 Å². The van der Waals surface area contributed by atoms with Crippen LogP contribution >= 0.6 is 15.9 Å². The summed E-state index contributed by atoms with van der Waals surface area (Å²) in [6.45, 7) is 12.0. The molecule has 1 rings (SSSR count). The first-order chi connectivity index (χ1) is 9.10. The summed E-state index contributed by atoms with van der Waals surface area (Å²) in [6, 6.07) is 0.755. The number of hydrogen-bond donors (Lipinski definition) is 0. The van der Waals surface area contributed by atoms with Gasteiger partial charge < -0.3 is 4.90 Å². The van der Waals surface area contributed by atoms with Gasteiger partial charge in [0.25, 0.3) is 0 Å². The molecular weight excluding hydrogens is 300 g/mol. The number of alkyl halides is 1. The van der Waals surface area contributed by atoms with E-state index in [1.807, 2.05) is 0 Å². The van der Waals surface area contributed by atoms with Gasteiger partial charge in [-0.2, -0.15) is 0 Å². The van der Waals surface area contributed by atoms with Gasteiger partial charge in [0.05, 0.1) is 0 Å². The summed E-state index contributed by atoms with van der Waals surface area (Å²) < 4.78 is 0. The second-order valence-corrected chi connectivity index (χ2v) is 6.97. The molecule has 0 saturated carbocycles. The second-order valence-electron chi connectivity index (χ2n) is 6.41. The Balaban J connectivity index is 2.62. The van der Waals surface area contributed by atoms with Crippen LogP contribution in [0.3, 0.4) is 0 Å². The lowest BCUT2D eigenvalue weighted by Crippen LogP contribution is -2.54. The van der Waals surface area contributed by atoms with Gasteiger partial charge in [-0.05, 0) is 31.7 Å². The van der Waals surface area contributed by atoms with E-state index in [1.54, 1.807) is 0 Å². The Morgan fingerprint density at radius 2 is 1.74 bits per heavy atom. The molecule has 3 heteroatoms. The molecule has 1 atom stereocenters. The molecule has 0 aromatic carbocycles. The van der Waals surface area contributed by atoms with Crippen molar-refractivity contribution in [1.29, 1.82) is 0 Å². The van der Waals surface area contributed by atoms with Gasteiger partial charge in [0.15, 0.2) is 0 Å². The van der Waals surface area contributed by atoms with Crippen LogP contribution in [0.5, 0.6) is 0 Å². The fraction of sp³-hybridized carbons (Fsp3) is 1.00. The van der Waals surface area contributed by atoms with Crippen LogP contribution in [-0.2, 0) is 0 Å².